The Kier molecular flexibility index (Phi) is 6.80. The highest BCUT2D eigenvalue weighted by Crippen LogP contribution is 1.87. The van der Waals surface area contributed by atoms with Crippen LogP contribution < -0.4 is 5.32 Å². The molecular formula is C11H22N4O. The smallest absolute Gasteiger partial charge is 0.0587 e. The molecule has 0 aliphatic carbocycles. The van der Waals surface area contributed by atoms with Crippen LogP contribution in [-0.4, -0.2) is 61.6 Å². The number of hydrogen-bond donors (Lipinski definition) is 1. The van der Waals surface area contributed by atoms with E-state index in [1.807, 2.05) is 23.1 Å². The summed E-state index contributed by atoms with van der Waals surface area (Å²) in [5, 5.41) is 7.49. The minimum absolute atomic E-state index is 0.775. The molecule has 0 saturated carbocycles. The molecule has 1 aromatic heterocycles. The van der Waals surface area contributed by atoms with E-state index in [0.29, 0.717) is 0 Å². The van der Waals surface area contributed by atoms with Gasteiger partial charge < -0.3 is 15.0 Å². The monoisotopic (exact) mass is 226 g/mol. The molecule has 0 amide bonds. The lowest BCUT2D eigenvalue weighted by Gasteiger charge is -2.16. The van der Waals surface area contributed by atoms with Gasteiger partial charge in [0.2, 0.25) is 0 Å². The summed E-state index contributed by atoms with van der Waals surface area (Å²) in [6.45, 7) is 5.71. The Morgan fingerprint density at radius 2 is 2.25 bits per heavy atom. The van der Waals surface area contributed by atoms with Crippen LogP contribution in [0.1, 0.15) is 0 Å². The SMILES string of the molecule is COCCNCCN(C)CCn1cccn1. The van der Waals surface area contributed by atoms with Gasteiger partial charge in [0.25, 0.3) is 0 Å². The molecule has 0 atom stereocenters. The average molecular weight is 226 g/mol. The van der Waals surface area contributed by atoms with Crippen LogP contribution in [-0.2, 0) is 11.3 Å². The van der Waals surface area contributed by atoms with Crippen LogP contribution >= 0.6 is 0 Å². The number of likely N-dealkylation sites (N-methyl/N-ethyl adjacent to an activating group) is 1. The van der Waals surface area contributed by atoms with Crippen molar-refractivity contribution in [2.75, 3.05) is 46.9 Å². The highest BCUT2D eigenvalue weighted by atomic mass is 16.5. The Hall–Kier alpha value is -0.910. The van der Waals surface area contributed by atoms with E-state index in [1.54, 1.807) is 7.11 Å². The Morgan fingerprint density at radius 1 is 1.38 bits per heavy atom. The topological polar surface area (TPSA) is 42.3 Å². The molecule has 1 rings (SSSR count). The minimum atomic E-state index is 0.775. The van der Waals surface area contributed by atoms with Gasteiger partial charge in [-0.3, -0.25) is 4.68 Å². The van der Waals surface area contributed by atoms with Gasteiger partial charge in [-0.2, -0.15) is 5.10 Å². The van der Waals surface area contributed by atoms with Crippen LogP contribution in [0.15, 0.2) is 18.5 Å². The summed E-state index contributed by atoms with van der Waals surface area (Å²) in [5.74, 6) is 0. The molecule has 5 heteroatoms. The molecule has 0 unspecified atom stereocenters. The molecule has 16 heavy (non-hydrogen) atoms. The zero-order chi connectivity index (χ0) is 11.6. The van der Waals surface area contributed by atoms with E-state index < -0.39 is 0 Å². The number of methoxy groups -OCH3 is 1. The lowest BCUT2D eigenvalue weighted by Crippen LogP contribution is -2.32. The van der Waals surface area contributed by atoms with Crippen LogP contribution in [0.4, 0.5) is 0 Å². The second-order valence-electron chi connectivity index (χ2n) is 3.82. The molecule has 0 bridgehead atoms. The standard InChI is InChI=1S/C11H22N4O/c1-14(8-5-12-6-11-16-2)9-10-15-7-3-4-13-15/h3-4,7,12H,5-6,8-11H2,1-2H3. The number of nitrogens with one attached hydrogen (secondary N) is 1. The molecule has 0 aliphatic heterocycles. The van der Waals surface area contributed by atoms with E-state index in [2.05, 4.69) is 22.4 Å². The number of rotatable bonds is 9. The molecule has 1 N–H and O–H groups in total. The summed E-state index contributed by atoms with van der Waals surface area (Å²) in [6.07, 6.45) is 3.80. The number of nitrogens with zero attached hydrogens (tertiary/aromatic N) is 3. The third kappa shape index (κ3) is 5.85. The first-order valence-corrected chi connectivity index (χ1v) is 5.68. The fourth-order valence-corrected chi connectivity index (χ4v) is 1.39. The van der Waals surface area contributed by atoms with E-state index in [4.69, 9.17) is 4.74 Å². The van der Waals surface area contributed by atoms with Crippen molar-refractivity contribution in [3.63, 3.8) is 0 Å². The van der Waals surface area contributed by atoms with Crippen LogP contribution in [0.5, 0.6) is 0 Å². The molecule has 0 radical (unpaired) electrons. The Labute approximate surface area is 97.4 Å². The van der Waals surface area contributed by atoms with E-state index >= 15 is 0 Å². The van der Waals surface area contributed by atoms with Gasteiger partial charge in [0, 0.05) is 45.7 Å². The van der Waals surface area contributed by atoms with Crippen molar-refractivity contribution in [2.45, 2.75) is 6.54 Å². The highest BCUT2D eigenvalue weighted by molar-refractivity contribution is 4.77. The third-order valence-electron chi connectivity index (χ3n) is 2.42. The maximum absolute atomic E-state index is 4.96. The first-order valence-electron chi connectivity index (χ1n) is 5.68. The lowest BCUT2D eigenvalue weighted by molar-refractivity contribution is 0.197. The second-order valence-corrected chi connectivity index (χ2v) is 3.82. The van der Waals surface area contributed by atoms with E-state index in [0.717, 1.165) is 39.3 Å². The van der Waals surface area contributed by atoms with Crippen molar-refractivity contribution in [2.24, 2.45) is 0 Å². The summed E-state index contributed by atoms with van der Waals surface area (Å²) in [4.78, 5) is 2.29. The van der Waals surface area contributed by atoms with Crippen LogP contribution in [0.3, 0.4) is 0 Å². The first-order chi connectivity index (χ1) is 7.83. The summed E-state index contributed by atoms with van der Waals surface area (Å²) >= 11 is 0. The van der Waals surface area contributed by atoms with Gasteiger partial charge in [-0.25, -0.2) is 0 Å². The predicted octanol–water partition coefficient (Wildman–Crippen LogP) is 0.0509. The van der Waals surface area contributed by atoms with Crippen molar-refractivity contribution >= 4 is 0 Å². The molecule has 0 saturated heterocycles. The Balaban J connectivity index is 1.96. The van der Waals surface area contributed by atoms with E-state index in [9.17, 15) is 0 Å². The second kappa shape index (κ2) is 8.27. The first kappa shape index (κ1) is 13.2. The van der Waals surface area contributed by atoms with Gasteiger partial charge in [-0.1, -0.05) is 0 Å². The average Bonchev–Trinajstić information content (AvgIpc) is 2.79. The molecule has 1 heterocycles. The van der Waals surface area contributed by atoms with Crippen molar-refractivity contribution in [1.29, 1.82) is 0 Å². The molecule has 0 aromatic carbocycles. The maximum Gasteiger partial charge on any atom is 0.0587 e. The highest BCUT2D eigenvalue weighted by Gasteiger charge is 1.98. The molecule has 5 nitrogen and oxygen atoms in total. The van der Waals surface area contributed by atoms with Gasteiger partial charge in [-0.05, 0) is 13.1 Å². The molecular weight excluding hydrogens is 204 g/mol. The largest absolute Gasteiger partial charge is 0.383 e. The van der Waals surface area contributed by atoms with Crippen LogP contribution in [0.2, 0.25) is 0 Å². The minimum Gasteiger partial charge on any atom is -0.383 e. The van der Waals surface area contributed by atoms with E-state index in [-0.39, 0.29) is 0 Å². The lowest BCUT2D eigenvalue weighted by atomic mass is 10.5. The maximum atomic E-state index is 4.96. The van der Waals surface area contributed by atoms with Crippen molar-refractivity contribution in [3.05, 3.63) is 18.5 Å². The van der Waals surface area contributed by atoms with Gasteiger partial charge in [-0.15, -0.1) is 0 Å². The molecule has 0 aliphatic rings. The summed E-state index contributed by atoms with van der Waals surface area (Å²) < 4.78 is 6.91. The zero-order valence-corrected chi connectivity index (χ0v) is 10.2. The number of aromatic nitrogens is 2. The molecule has 92 valence electrons. The third-order valence-corrected chi connectivity index (χ3v) is 2.42. The van der Waals surface area contributed by atoms with Gasteiger partial charge >= 0.3 is 0 Å². The summed E-state index contributed by atoms with van der Waals surface area (Å²) in [7, 11) is 3.85. The fourth-order valence-electron chi connectivity index (χ4n) is 1.39. The quantitative estimate of drug-likeness (QED) is 0.604. The molecule has 0 fully saturated rings. The zero-order valence-electron chi connectivity index (χ0n) is 10.2. The summed E-state index contributed by atoms with van der Waals surface area (Å²) in [6, 6.07) is 1.95. The summed E-state index contributed by atoms with van der Waals surface area (Å²) in [5.41, 5.74) is 0. The van der Waals surface area contributed by atoms with E-state index in [1.165, 1.54) is 0 Å². The normalized spacial score (nSPS) is 11.2. The van der Waals surface area contributed by atoms with Gasteiger partial charge in [0.15, 0.2) is 0 Å². The van der Waals surface area contributed by atoms with Gasteiger partial charge in [0.05, 0.1) is 13.2 Å². The van der Waals surface area contributed by atoms with Crippen molar-refractivity contribution < 1.29 is 4.74 Å². The molecule has 1 aromatic rings. The predicted molar refractivity (Wildman–Crippen MR) is 64.5 cm³/mol. The fraction of sp³-hybridized carbons (Fsp3) is 0.727. The van der Waals surface area contributed by atoms with Crippen molar-refractivity contribution in [1.82, 2.24) is 20.0 Å². The number of ether oxygens (including phenoxy) is 1. The van der Waals surface area contributed by atoms with Crippen LogP contribution in [0.25, 0.3) is 0 Å². The molecule has 0 spiro atoms. The Morgan fingerprint density at radius 3 is 2.94 bits per heavy atom. The van der Waals surface area contributed by atoms with Crippen LogP contribution in [0, 0.1) is 0 Å². The Bertz CT molecular complexity index is 250. The van der Waals surface area contributed by atoms with Crippen molar-refractivity contribution in [3.8, 4) is 0 Å². The number of hydrogen-bond acceptors (Lipinski definition) is 4. The van der Waals surface area contributed by atoms with Gasteiger partial charge in [0.1, 0.15) is 0 Å².